The molecule has 0 aliphatic carbocycles. The summed E-state index contributed by atoms with van der Waals surface area (Å²) in [5.41, 5.74) is 2.28. The van der Waals surface area contributed by atoms with Gasteiger partial charge in [-0.2, -0.15) is 0 Å². The van der Waals surface area contributed by atoms with Crippen LogP contribution in [0.1, 0.15) is 10.8 Å². The van der Waals surface area contributed by atoms with Gasteiger partial charge in [0.15, 0.2) is 11.0 Å². The van der Waals surface area contributed by atoms with Crippen molar-refractivity contribution < 1.29 is 9.18 Å². The normalized spacial score (nSPS) is 11.7. The molecule has 1 atom stereocenters. The number of aromatic nitrogens is 3. The molecule has 0 unspecified atom stereocenters. The van der Waals surface area contributed by atoms with Crippen LogP contribution in [0.4, 0.5) is 10.1 Å². The van der Waals surface area contributed by atoms with E-state index in [4.69, 9.17) is 0 Å². The molecule has 0 aliphatic heterocycles. The molecule has 0 saturated heterocycles. The highest BCUT2D eigenvalue weighted by Gasteiger charge is 2.26. The third-order valence-electron chi connectivity index (χ3n) is 4.74. The number of hydrogen-bond donors (Lipinski definition) is 1. The molecular weight excluding hydrogens is 423 g/mol. The molecule has 32 heavy (non-hydrogen) atoms. The Bertz CT molecular complexity index is 1190. The average Bonchev–Trinajstić information content (AvgIpc) is 3.22. The SMILES string of the molecule is C=CCn1c(S[C@H](C(=O)Nc2ccc(F)cc2)c2ccccc2)nnc1-c1ccccc1. The molecule has 7 heteroatoms. The van der Waals surface area contributed by atoms with Crippen LogP contribution in [-0.4, -0.2) is 20.7 Å². The van der Waals surface area contributed by atoms with Crippen molar-refractivity contribution in [2.24, 2.45) is 0 Å². The Kier molecular flexibility index (Phi) is 6.77. The first-order chi connectivity index (χ1) is 15.7. The third kappa shape index (κ3) is 4.95. The van der Waals surface area contributed by atoms with Gasteiger partial charge in [0.1, 0.15) is 11.1 Å². The van der Waals surface area contributed by atoms with Crippen LogP contribution in [0.25, 0.3) is 11.4 Å². The van der Waals surface area contributed by atoms with Crippen molar-refractivity contribution in [2.75, 3.05) is 5.32 Å². The van der Waals surface area contributed by atoms with Crippen molar-refractivity contribution in [3.63, 3.8) is 0 Å². The molecule has 3 aromatic carbocycles. The topological polar surface area (TPSA) is 59.8 Å². The zero-order valence-electron chi connectivity index (χ0n) is 17.2. The lowest BCUT2D eigenvalue weighted by molar-refractivity contribution is -0.115. The van der Waals surface area contributed by atoms with Gasteiger partial charge in [0.2, 0.25) is 5.91 Å². The fourth-order valence-electron chi connectivity index (χ4n) is 3.22. The Morgan fingerprint density at radius 3 is 2.31 bits per heavy atom. The summed E-state index contributed by atoms with van der Waals surface area (Å²) in [6.07, 6.45) is 1.77. The average molecular weight is 445 g/mol. The smallest absolute Gasteiger partial charge is 0.242 e. The van der Waals surface area contributed by atoms with E-state index in [0.717, 1.165) is 11.1 Å². The molecule has 1 N–H and O–H groups in total. The molecule has 4 aromatic rings. The predicted molar refractivity (Wildman–Crippen MR) is 126 cm³/mol. The van der Waals surface area contributed by atoms with Crippen LogP contribution < -0.4 is 5.32 Å². The highest BCUT2D eigenvalue weighted by Crippen LogP contribution is 2.37. The monoisotopic (exact) mass is 444 g/mol. The minimum Gasteiger partial charge on any atom is -0.325 e. The van der Waals surface area contributed by atoms with Crippen LogP contribution in [-0.2, 0) is 11.3 Å². The Morgan fingerprint density at radius 1 is 1.00 bits per heavy atom. The maximum absolute atomic E-state index is 13.3. The summed E-state index contributed by atoms with van der Waals surface area (Å²) in [6.45, 7) is 4.35. The first-order valence-corrected chi connectivity index (χ1v) is 10.9. The number of nitrogens with one attached hydrogen (secondary N) is 1. The molecule has 160 valence electrons. The molecule has 0 aliphatic rings. The number of amides is 1. The molecule has 0 radical (unpaired) electrons. The van der Waals surface area contributed by atoms with Crippen molar-refractivity contribution in [3.05, 3.63) is 109 Å². The number of nitrogens with zero attached hydrogens (tertiary/aromatic N) is 3. The van der Waals surface area contributed by atoms with E-state index in [0.29, 0.717) is 23.2 Å². The number of carbonyl (C=O) groups excluding carboxylic acids is 1. The van der Waals surface area contributed by atoms with E-state index in [-0.39, 0.29) is 11.7 Å². The predicted octanol–water partition coefficient (Wildman–Crippen LogP) is 5.74. The minimum absolute atomic E-state index is 0.234. The van der Waals surface area contributed by atoms with Crippen molar-refractivity contribution in [3.8, 4) is 11.4 Å². The third-order valence-corrected chi connectivity index (χ3v) is 5.97. The van der Waals surface area contributed by atoms with Gasteiger partial charge in [0, 0.05) is 17.8 Å². The molecule has 0 bridgehead atoms. The van der Waals surface area contributed by atoms with E-state index in [1.165, 1.54) is 36.0 Å². The zero-order chi connectivity index (χ0) is 22.3. The Hall–Kier alpha value is -3.71. The summed E-state index contributed by atoms with van der Waals surface area (Å²) < 4.78 is 15.2. The fraction of sp³-hybridized carbons (Fsp3) is 0.0800. The summed E-state index contributed by atoms with van der Waals surface area (Å²) in [6, 6.07) is 24.9. The van der Waals surface area contributed by atoms with Crippen LogP contribution in [0.3, 0.4) is 0 Å². The fourth-order valence-corrected chi connectivity index (χ4v) is 4.26. The summed E-state index contributed by atoms with van der Waals surface area (Å²) in [5, 5.41) is 11.6. The number of rotatable bonds is 8. The molecule has 1 amide bonds. The van der Waals surface area contributed by atoms with Gasteiger partial charge >= 0.3 is 0 Å². The van der Waals surface area contributed by atoms with Crippen LogP contribution in [0, 0.1) is 5.82 Å². The van der Waals surface area contributed by atoms with Crippen molar-refractivity contribution in [1.82, 2.24) is 14.8 Å². The highest BCUT2D eigenvalue weighted by atomic mass is 32.2. The van der Waals surface area contributed by atoms with Gasteiger partial charge in [-0.25, -0.2) is 4.39 Å². The van der Waals surface area contributed by atoms with Gasteiger partial charge in [-0.05, 0) is 29.8 Å². The van der Waals surface area contributed by atoms with Gasteiger partial charge in [-0.3, -0.25) is 9.36 Å². The molecule has 5 nitrogen and oxygen atoms in total. The van der Waals surface area contributed by atoms with E-state index >= 15 is 0 Å². The van der Waals surface area contributed by atoms with E-state index in [1.54, 1.807) is 6.08 Å². The van der Waals surface area contributed by atoms with Gasteiger partial charge in [-0.1, -0.05) is 78.5 Å². The largest absolute Gasteiger partial charge is 0.325 e. The number of allylic oxidation sites excluding steroid dienone is 1. The molecule has 4 rings (SSSR count). The van der Waals surface area contributed by atoms with Crippen LogP contribution in [0.15, 0.2) is 103 Å². The van der Waals surface area contributed by atoms with E-state index in [9.17, 15) is 9.18 Å². The summed E-state index contributed by atoms with van der Waals surface area (Å²) in [7, 11) is 0. The number of carbonyl (C=O) groups is 1. The van der Waals surface area contributed by atoms with Crippen LogP contribution in [0.5, 0.6) is 0 Å². The maximum atomic E-state index is 13.3. The van der Waals surface area contributed by atoms with E-state index in [1.807, 2.05) is 65.2 Å². The van der Waals surface area contributed by atoms with Crippen molar-refractivity contribution in [1.29, 1.82) is 0 Å². The van der Waals surface area contributed by atoms with E-state index < -0.39 is 5.25 Å². The number of anilines is 1. The molecule has 0 fully saturated rings. The standard InChI is InChI=1S/C25H21FN4OS/c1-2-17-30-23(19-11-7-4-8-12-19)28-29-25(30)32-22(18-9-5-3-6-10-18)24(31)27-21-15-13-20(26)14-16-21/h2-16,22H,1,17H2,(H,27,31)/t22-/m0/s1. The van der Waals surface area contributed by atoms with E-state index in [2.05, 4.69) is 22.1 Å². The maximum Gasteiger partial charge on any atom is 0.242 e. The van der Waals surface area contributed by atoms with Crippen molar-refractivity contribution in [2.45, 2.75) is 17.0 Å². The van der Waals surface area contributed by atoms with Gasteiger partial charge < -0.3 is 5.32 Å². The second-order valence-corrected chi connectivity index (χ2v) is 8.05. The zero-order valence-corrected chi connectivity index (χ0v) is 18.0. The lowest BCUT2D eigenvalue weighted by Crippen LogP contribution is -2.19. The van der Waals surface area contributed by atoms with Crippen LogP contribution in [0.2, 0.25) is 0 Å². The number of benzene rings is 3. The minimum atomic E-state index is -0.586. The Balaban J connectivity index is 1.67. The van der Waals surface area contributed by atoms with Crippen LogP contribution >= 0.6 is 11.8 Å². The molecular formula is C25H21FN4OS. The van der Waals surface area contributed by atoms with Crippen molar-refractivity contribution >= 4 is 23.4 Å². The number of halogens is 1. The van der Waals surface area contributed by atoms with Gasteiger partial charge in [-0.15, -0.1) is 16.8 Å². The summed E-state index contributed by atoms with van der Waals surface area (Å²) >= 11 is 1.31. The Labute approximate surface area is 190 Å². The lowest BCUT2D eigenvalue weighted by atomic mass is 10.1. The summed E-state index contributed by atoms with van der Waals surface area (Å²) in [4.78, 5) is 13.2. The second kappa shape index (κ2) is 10.1. The Morgan fingerprint density at radius 2 is 1.66 bits per heavy atom. The quantitative estimate of drug-likeness (QED) is 0.278. The van der Waals surface area contributed by atoms with Gasteiger partial charge in [0.05, 0.1) is 0 Å². The first kappa shape index (κ1) is 21.5. The second-order valence-electron chi connectivity index (χ2n) is 6.98. The number of thioether (sulfide) groups is 1. The van der Waals surface area contributed by atoms with Gasteiger partial charge in [0.25, 0.3) is 0 Å². The first-order valence-electron chi connectivity index (χ1n) is 10.0. The molecule has 1 heterocycles. The lowest BCUT2D eigenvalue weighted by Gasteiger charge is -2.17. The molecule has 0 saturated carbocycles. The molecule has 1 aromatic heterocycles. The summed E-state index contributed by atoms with van der Waals surface area (Å²) in [5.74, 6) is 0.115. The highest BCUT2D eigenvalue weighted by molar-refractivity contribution is 8.00. The molecule has 0 spiro atoms. The number of hydrogen-bond acceptors (Lipinski definition) is 4.